The molecule has 0 aliphatic rings. The molecule has 0 amide bonds. The van der Waals surface area contributed by atoms with Crippen molar-refractivity contribution in [2.75, 3.05) is 26.1 Å². The molecule has 2 rings (SSSR count). The van der Waals surface area contributed by atoms with Gasteiger partial charge in [0.25, 0.3) is 0 Å². The molecule has 0 bridgehead atoms. The fourth-order valence-corrected chi connectivity index (χ4v) is 1.79. The van der Waals surface area contributed by atoms with Gasteiger partial charge in [-0.15, -0.1) is 0 Å². The highest BCUT2D eigenvalue weighted by atomic mass is 16.5. The van der Waals surface area contributed by atoms with Crippen molar-refractivity contribution in [2.45, 2.75) is 0 Å². The highest BCUT2D eigenvalue weighted by molar-refractivity contribution is 5.89. The van der Waals surface area contributed by atoms with Gasteiger partial charge >= 0.3 is 5.97 Å². The van der Waals surface area contributed by atoms with Crippen LogP contribution in [0.2, 0.25) is 0 Å². The summed E-state index contributed by atoms with van der Waals surface area (Å²) in [6.45, 7) is 0. The average Bonchev–Trinajstić information content (AvgIpc) is 2.53. The standard InChI is InChI=1S/C18H17NO2/c1-19(2)17-12-8-15(9-13-17)5-4-14-6-10-16(11-7-14)18(20)21-3/h6-13H,1-3H3. The third kappa shape index (κ3) is 3.87. The van der Waals surface area contributed by atoms with E-state index in [1.54, 1.807) is 12.1 Å². The quantitative estimate of drug-likeness (QED) is 0.625. The van der Waals surface area contributed by atoms with Crippen LogP contribution in [-0.2, 0) is 4.74 Å². The Kier molecular flexibility index (Phi) is 4.63. The van der Waals surface area contributed by atoms with Gasteiger partial charge in [-0.2, -0.15) is 0 Å². The number of methoxy groups -OCH3 is 1. The number of rotatable bonds is 2. The van der Waals surface area contributed by atoms with E-state index in [1.807, 2.05) is 55.4 Å². The van der Waals surface area contributed by atoms with Gasteiger partial charge in [0, 0.05) is 30.9 Å². The molecular weight excluding hydrogens is 262 g/mol. The van der Waals surface area contributed by atoms with Crippen molar-refractivity contribution in [1.29, 1.82) is 0 Å². The number of ether oxygens (including phenoxy) is 1. The molecule has 0 radical (unpaired) electrons. The van der Waals surface area contributed by atoms with E-state index in [9.17, 15) is 4.79 Å². The van der Waals surface area contributed by atoms with Crippen molar-refractivity contribution in [3.05, 3.63) is 65.2 Å². The van der Waals surface area contributed by atoms with Crippen molar-refractivity contribution < 1.29 is 9.53 Å². The monoisotopic (exact) mass is 279 g/mol. The second-order valence-corrected chi connectivity index (χ2v) is 4.76. The third-order valence-electron chi connectivity index (χ3n) is 3.04. The Labute approximate surface area is 125 Å². The topological polar surface area (TPSA) is 29.5 Å². The zero-order valence-electron chi connectivity index (χ0n) is 12.4. The largest absolute Gasteiger partial charge is 0.465 e. The number of carbonyl (C=O) groups excluding carboxylic acids is 1. The molecule has 3 nitrogen and oxygen atoms in total. The van der Waals surface area contributed by atoms with Crippen LogP contribution in [0.25, 0.3) is 0 Å². The lowest BCUT2D eigenvalue weighted by atomic mass is 10.1. The molecule has 0 unspecified atom stereocenters. The summed E-state index contributed by atoms with van der Waals surface area (Å²) >= 11 is 0. The number of carbonyl (C=O) groups is 1. The summed E-state index contributed by atoms with van der Waals surface area (Å²) < 4.78 is 4.66. The molecule has 0 spiro atoms. The molecule has 2 aromatic rings. The van der Waals surface area contributed by atoms with Gasteiger partial charge in [0.15, 0.2) is 0 Å². The molecule has 0 saturated heterocycles. The highest BCUT2D eigenvalue weighted by Crippen LogP contribution is 2.11. The van der Waals surface area contributed by atoms with Crippen LogP contribution in [0.5, 0.6) is 0 Å². The fraction of sp³-hybridized carbons (Fsp3) is 0.167. The maximum absolute atomic E-state index is 11.3. The van der Waals surface area contributed by atoms with Crippen LogP contribution in [0.4, 0.5) is 5.69 Å². The van der Waals surface area contributed by atoms with Crippen LogP contribution in [0.3, 0.4) is 0 Å². The van der Waals surface area contributed by atoms with Gasteiger partial charge in [-0.05, 0) is 48.5 Å². The fourth-order valence-electron chi connectivity index (χ4n) is 1.79. The van der Waals surface area contributed by atoms with E-state index in [4.69, 9.17) is 0 Å². The summed E-state index contributed by atoms with van der Waals surface area (Å²) in [7, 11) is 5.38. The van der Waals surface area contributed by atoms with E-state index in [0.29, 0.717) is 5.56 Å². The Hall–Kier alpha value is -2.73. The van der Waals surface area contributed by atoms with E-state index in [0.717, 1.165) is 16.8 Å². The van der Waals surface area contributed by atoms with Crippen LogP contribution < -0.4 is 4.90 Å². The highest BCUT2D eigenvalue weighted by Gasteiger charge is 2.03. The molecule has 106 valence electrons. The molecular formula is C18H17NO2. The molecule has 0 atom stereocenters. The van der Waals surface area contributed by atoms with Gasteiger partial charge in [0.1, 0.15) is 0 Å². The summed E-state index contributed by atoms with van der Waals surface area (Å²) in [6.07, 6.45) is 0. The van der Waals surface area contributed by atoms with E-state index in [2.05, 4.69) is 16.6 Å². The number of hydrogen-bond acceptors (Lipinski definition) is 3. The van der Waals surface area contributed by atoms with Crippen molar-refractivity contribution in [3.8, 4) is 11.8 Å². The van der Waals surface area contributed by atoms with Crippen molar-refractivity contribution >= 4 is 11.7 Å². The first-order chi connectivity index (χ1) is 10.1. The molecule has 3 heteroatoms. The Bertz CT molecular complexity index is 674. The second kappa shape index (κ2) is 6.62. The summed E-state index contributed by atoms with van der Waals surface area (Å²) in [6, 6.07) is 15.1. The van der Waals surface area contributed by atoms with Gasteiger partial charge in [0.2, 0.25) is 0 Å². The maximum Gasteiger partial charge on any atom is 0.337 e. The Balaban J connectivity index is 2.13. The Morgan fingerprint density at radius 3 is 1.81 bits per heavy atom. The third-order valence-corrected chi connectivity index (χ3v) is 3.04. The molecule has 0 aliphatic heterocycles. The van der Waals surface area contributed by atoms with Gasteiger partial charge in [0.05, 0.1) is 12.7 Å². The number of anilines is 1. The van der Waals surface area contributed by atoms with E-state index in [1.165, 1.54) is 7.11 Å². The number of hydrogen-bond donors (Lipinski definition) is 0. The van der Waals surface area contributed by atoms with E-state index < -0.39 is 0 Å². The maximum atomic E-state index is 11.3. The lowest BCUT2D eigenvalue weighted by Gasteiger charge is -2.11. The van der Waals surface area contributed by atoms with Gasteiger partial charge in [-0.1, -0.05) is 11.8 Å². The predicted molar refractivity (Wildman–Crippen MR) is 84.5 cm³/mol. The second-order valence-electron chi connectivity index (χ2n) is 4.76. The lowest BCUT2D eigenvalue weighted by molar-refractivity contribution is 0.0601. The van der Waals surface area contributed by atoms with Crippen molar-refractivity contribution in [2.24, 2.45) is 0 Å². The average molecular weight is 279 g/mol. The van der Waals surface area contributed by atoms with Crippen LogP contribution in [0.15, 0.2) is 48.5 Å². The predicted octanol–water partition coefficient (Wildman–Crippen LogP) is 2.94. The van der Waals surface area contributed by atoms with Crippen LogP contribution >= 0.6 is 0 Å². The Morgan fingerprint density at radius 1 is 0.905 bits per heavy atom. The van der Waals surface area contributed by atoms with Crippen LogP contribution in [0, 0.1) is 11.8 Å². The first-order valence-electron chi connectivity index (χ1n) is 6.58. The van der Waals surface area contributed by atoms with Gasteiger partial charge in [-0.3, -0.25) is 0 Å². The molecule has 0 aliphatic carbocycles. The zero-order valence-corrected chi connectivity index (χ0v) is 12.4. The van der Waals surface area contributed by atoms with Crippen molar-refractivity contribution in [1.82, 2.24) is 0 Å². The molecule has 0 heterocycles. The summed E-state index contributed by atoms with van der Waals surface area (Å²) in [5.74, 6) is 5.84. The minimum Gasteiger partial charge on any atom is -0.465 e. The smallest absolute Gasteiger partial charge is 0.337 e. The molecule has 21 heavy (non-hydrogen) atoms. The first kappa shape index (κ1) is 14.7. The number of nitrogens with zero attached hydrogens (tertiary/aromatic N) is 1. The minimum atomic E-state index is -0.339. The van der Waals surface area contributed by atoms with E-state index in [-0.39, 0.29) is 5.97 Å². The molecule has 2 aromatic carbocycles. The SMILES string of the molecule is COC(=O)c1ccc(C#Cc2ccc(N(C)C)cc2)cc1. The van der Waals surface area contributed by atoms with Gasteiger partial charge in [-0.25, -0.2) is 4.79 Å². The minimum absolute atomic E-state index is 0.339. The normalized spacial score (nSPS) is 9.48. The molecule has 0 saturated carbocycles. The van der Waals surface area contributed by atoms with Crippen molar-refractivity contribution in [3.63, 3.8) is 0 Å². The molecule has 0 N–H and O–H groups in total. The summed E-state index contributed by atoms with van der Waals surface area (Å²) in [5, 5.41) is 0. The summed E-state index contributed by atoms with van der Waals surface area (Å²) in [5.41, 5.74) is 3.48. The number of esters is 1. The Morgan fingerprint density at radius 2 is 1.38 bits per heavy atom. The number of benzene rings is 2. The molecule has 0 aromatic heterocycles. The zero-order chi connectivity index (χ0) is 15.2. The van der Waals surface area contributed by atoms with Gasteiger partial charge < -0.3 is 9.64 Å². The van der Waals surface area contributed by atoms with Crippen LogP contribution in [0.1, 0.15) is 21.5 Å². The molecule has 0 fully saturated rings. The lowest BCUT2D eigenvalue weighted by Crippen LogP contribution is -2.07. The van der Waals surface area contributed by atoms with E-state index >= 15 is 0 Å². The van der Waals surface area contributed by atoms with Crippen LogP contribution in [-0.4, -0.2) is 27.2 Å². The first-order valence-corrected chi connectivity index (χ1v) is 6.58. The summed E-state index contributed by atoms with van der Waals surface area (Å²) in [4.78, 5) is 13.4.